The summed E-state index contributed by atoms with van der Waals surface area (Å²) in [6.45, 7) is 0.971. The number of nitrogens with one attached hydrogen (secondary N) is 1. The van der Waals surface area contributed by atoms with E-state index in [2.05, 4.69) is 9.72 Å². The average molecular weight is 269 g/mol. The van der Waals surface area contributed by atoms with Gasteiger partial charge in [-0.1, -0.05) is 17.7 Å². The highest BCUT2D eigenvalue weighted by molar-refractivity contribution is 6.30. The van der Waals surface area contributed by atoms with Gasteiger partial charge in [0.05, 0.1) is 12.1 Å². The minimum absolute atomic E-state index is 0.169. The van der Waals surface area contributed by atoms with Crippen molar-refractivity contribution in [2.24, 2.45) is 0 Å². The molecule has 0 radical (unpaired) electrons. The third-order valence-electron chi connectivity index (χ3n) is 2.86. The fourth-order valence-corrected chi connectivity index (χ4v) is 2.07. The summed E-state index contributed by atoms with van der Waals surface area (Å²) in [6, 6.07) is 1.64. The van der Waals surface area contributed by atoms with Crippen molar-refractivity contribution in [1.29, 1.82) is 0 Å². The van der Waals surface area contributed by atoms with Crippen molar-refractivity contribution < 1.29 is 9.53 Å². The molecule has 0 bridgehead atoms. The third-order valence-corrected chi connectivity index (χ3v) is 3.07. The van der Waals surface area contributed by atoms with Crippen molar-refractivity contribution in [3.8, 4) is 0 Å². The second kappa shape index (κ2) is 5.27. The van der Waals surface area contributed by atoms with E-state index in [0.29, 0.717) is 30.1 Å². The van der Waals surface area contributed by atoms with E-state index in [1.165, 1.54) is 13.3 Å². The van der Waals surface area contributed by atoms with Crippen LogP contribution in [0.4, 0.5) is 4.79 Å². The summed E-state index contributed by atoms with van der Waals surface area (Å²) in [7, 11) is 1.35. The normalized spacial score (nSPS) is 15.2. The molecule has 2 rings (SSSR count). The number of aromatic nitrogens is 1. The molecule has 1 aromatic heterocycles. The van der Waals surface area contributed by atoms with E-state index in [0.717, 1.165) is 5.57 Å². The molecule has 0 spiro atoms. The average Bonchev–Trinajstić information content (AvgIpc) is 2.41. The second-order valence-electron chi connectivity index (χ2n) is 3.96. The number of hydrogen-bond acceptors (Lipinski definition) is 3. The summed E-state index contributed by atoms with van der Waals surface area (Å²) in [5.41, 5.74) is 1.29. The Morgan fingerprint density at radius 3 is 2.94 bits per heavy atom. The van der Waals surface area contributed by atoms with Crippen LogP contribution in [0.5, 0.6) is 0 Å². The fourth-order valence-electron chi connectivity index (χ4n) is 1.90. The first-order valence-corrected chi connectivity index (χ1v) is 5.90. The summed E-state index contributed by atoms with van der Waals surface area (Å²) < 4.78 is 4.64. The molecule has 0 saturated heterocycles. The summed E-state index contributed by atoms with van der Waals surface area (Å²) in [4.78, 5) is 27.1. The summed E-state index contributed by atoms with van der Waals surface area (Å²) >= 11 is 5.86. The maximum absolute atomic E-state index is 11.7. The number of H-pyrrole nitrogens is 1. The number of carbonyl (C=O) groups is 1. The maximum atomic E-state index is 11.7. The first-order valence-electron chi connectivity index (χ1n) is 5.52. The van der Waals surface area contributed by atoms with Gasteiger partial charge in [0, 0.05) is 24.8 Å². The van der Waals surface area contributed by atoms with Crippen LogP contribution in [0.3, 0.4) is 0 Å². The molecular formula is C12H13ClN2O3. The van der Waals surface area contributed by atoms with Crippen molar-refractivity contribution in [1.82, 2.24) is 9.88 Å². The van der Waals surface area contributed by atoms with Crippen LogP contribution in [0, 0.1) is 0 Å². The molecule has 1 aliphatic heterocycles. The SMILES string of the molecule is COC(=O)N1CC=C(c2cc(Cl)c[nH]c2=O)CC1. The van der Waals surface area contributed by atoms with Gasteiger partial charge in [-0.25, -0.2) is 4.79 Å². The van der Waals surface area contributed by atoms with E-state index in [9.17, 15) is 9.59 Å². The Labute approximate surface area is 109 Å². The number of nitrogens with zero attached hydrogens (tertiary/aromatic N) is 1. The van der Waals surface area contributed by atoms with Crippen LogP contribution < -0.4 is 5.56 Å². The van der Waals surface area contributed by atoms with Gasteiger partial charge in [-0.15, -0.1) is 0 Å². The molecule has 18 heavy (non-hydrogen) atoms. The minimum atomic E-state index is -0.356. The number of pyridine rings is 1. The number of rotatable bonds is 1. The van der Waals surface area contributed by atoms with E-state index >= 15 is 0 Å². The number of methoxy groups -OCH3 is 1. The molecule has 1 amide bonds. The number of halogens is 1. The Balaban J connectivity index is 2.22. The molecule has 96 valence electrons. The molecule has 2 heterocycles. The van der Waals surface area contributed by atoms with Crippen molar-refractivity contribution in [2.75, 3.05) is 20.2 Å². The van der Waals surface area contributed by atoms with E-state index in [1.807, 2.05) is 6.08 Å². The largest absolute Gasteiger partial charge is 0.453 e. The molecule has 0 fully saturated rings. The van der Waals surface area contributed by atoms with Crippen LogP contribution in [0.2, 0.25) is 5.02 Å². The van der Waals surface area contributed by atoms with Crippen molar-refractivity contribution >= 4 is 23.3 Å². The van der Waals surface area contributed by atoms with Gasteiger partial charge in [0.15, 0.2) is 0 Å². The van der Waals surface area contributed by atoms with Crippen molar-refractivity contribution in [2.45, 2.75) is 6.42 Å². The molecule has 0 atom stereocenters. The first kappa shape index (κ1) is 12.7. The summed E-state index contributed by atoms with van der Waals surface area (Å²) in [6.07, 6.45) is 3.56. The van der Waals surface area contributed by atoms with Gasteiger partial charge in [0.1, 0.15) is 0 Å². The number of aromatic amines is 1. The standard InChI is InChI=1S/C12H13ClN2O3/c1-18-12(17)15-4-2-8(3-5-15)10-6-9(13)7-14-11(10)16/h2,6-7H,3-5H2,1H3,(H,14,16). The van der Waals surface area contributed by atoms with Crippen LogP contribution in [0.25, 0.3) is 5.57 Å². The van der Waals surface area contributed by atoms with Crippen LogP contribution in [-0.2, 0) is 4.74 Å². The van der Waals surface area contributed by atoms with Gasteiger partial charge in [0.25, 0.3) is 5.56 Å². The monoisotopic (exact) mass is 268 g/mol. The Kier molecular flexibility index (Phi) is 3.72. The van der Waals surface area contributed by atoms with Gasteiger partial charge < -0.3 is 14.6 Å². The van der Waals surface area contributed by atoms with E-state index in [-0.39, 0.29) is 11.7 Å². The van der Waals surface area contributed by atoms with Gasteiger partial charge in [0.2, 0.25) is 0 Å². The predicted molar refractivity (Wildman–Crippen MR) is 68.6 cm³/mol. The Morgan fingerprint density at radius 2 is 2.33 bits per heavy atom. The van der Waals surface area contributed by atoms with Crippen molar-refractivity contribution in [3.05, 3.63) is 39.3 Å². The molecule has 0 aliphatic carbocycles. The van der Waals surface area contributed by atoms with Gasteiger partial charge >= 0.3 is 6.09 Å². The summed E-state index contributed by atoms with van der Waals surface area (Å²) in [5, 5.41) is 0.487. The molecule has 5 nitrogen and oxygen atoms in total. The molecule has 1 N–H and O–H groups in total. The quantitative estimate of drug-likeness (QED) is 0.846. The molecule has 0 unspecified atom stereocenters. The van der Waals surface area contributed by atoms with Gasteiger partial charge in [-0.05, 0) is 18.1 Å². The molecule has 6 heteroatoms. The van der Waals surface area contributed by atoms with E-state index in [4.69, 9.17) is 11.6 Å². The maximum Gasteiger partial charge on any atom is 0.409 e. The van der Waals surface area contributed by atoms with Gasteiger partial charge in [-0.2, -0.15) is 0 Å². The Bertz CT molecular complexity index is 550. The highest BCUT2D eigenvalue weighted by atomic mass is 35.5. The molecule has 1 aliphatic rings. The molecular weight excluding hydrogens is 256 g/mol. The number of carbonyl (C=O) groups excluding carboxylic acids is 1. The topological polar surface area (TPSA) is 62.4 Å². The Morgan fingerprint density at radius 1 is 1.56 bits per heavy atom. The highest BCUT2D eigenvalue weighted by Gasteiger charge is 2.19. The summed E-state index contributed by atoms with van der Waals surface area (Å²) in [5.74, 6) is 0. The lowest BCUT2D eigenvalue weighted by molar-refractivity contribution is 0.128. The Hall–Kier alpha value is -1.75. The smallest absolute Gasteiger partial charge is 0.409 e. The van der Waals surface area contributed by atoms with E-state index < -0.39 is 0 Å². The van der Waals surface area contributed by atoms with Crippen LogP contribution in [-0.4, -0.2) is 36.2 Å². The minimum Gasteiger partial charge on any atom is -0.453 e. The number of hydrogen-bond donors (Lipinski definition) is 1. The predicted octanol–water partition coefficient (Wildman–Crippen LogP) is 1.88. The molecule has 0 aromatic carbocycles. The van der Waals surface area contributed by atoms with Crippen LogP contribution >= 0.6 is 11.6 Å². The van der Waals surface area contributed by atoms with E-state index in [1.54, 1.807) is 11.0 Å². The zero-order chi connectivity index (χ0) is 13.1. The fraction of sp³-hybridized carbons (Fsp3) is 0.333. The third kappa shape index (κ3) is 2.56. The van der Waals surface area contributed by atoms with Crippen molar-refractivity contribution in [3.63, 3.8) is 0 Å². The lowest BCUT2D eigenvalue weighted by Crippen LogP contribution is -2.34. The lowest BCUT2D eigenvalue weighted by Gasteiger charge is -2.24. The number of ether oxygens (including phenoxy) is 1. The lowest BCUT2D eigenvalue weighted by atomic mass is 10.0. The highest BCUT2D eigenvalue weighted by Crippen LogP contribution is 2.21. The molecule has 1 aromatic rings. The zero-order valence-corrected chi connectivity index (χ0v) is 10.7. The zero-order valence-electron chi connectivity index (χ0n) is 9.90. The van der Waals surface area contributed by atoms with Crippen LogP contribution in [0.15, 0.2) is 23.1 Å². The second-order valence-corrected chi connectivity index (χ2v) is 4.39. The van der Waals surface area contributed by atoms with Gasteiger partial charge in [-0.3, -0.25) is 4.79 Å². The first-order chi connectivity index (χ1) is 8.61. The van der Waals surface area contributed by atoms with Crippen LogP contribution in [0.1, 0.15) is 12.0 Å². The number of amides is 1. The molecule has 0 saturated carbocycles.